The van der Waals surface area contributed by atoms with E-state index in [1.807, 2.05) is 19.1 Å². The number of amides is 1. The van der Waals surface area contributed by atoms with Crippen molar-refractivity contribution in [1.29, 1.82) is 0 Å². The van der Waals surface area contributed by atoms with Gasteiger partial charge in [-0.3, -0.25) is 4.79 Å². The molecule has 0 bridgehead atoms. The molecule has 13 heteroatoms. The molecule has 3 aromatic rings. The van der Waals surface area contributed by atoms with Gasteiger partial charge in [-0.15, -0.1) is 11.3 Å². The number of hydrogen-bond acceptors (Lipinski definition) is 6. The molecule has 0 saturated heterocycles. The normalized spacial score (nSPS) is 12.7. The van der Waals surface area contributed by atoms with E-state index in [0.717, 1.165) is 33.9 Å². The minimum atomic E-state index is -4.58. The second kappa shape index (κ2) is 12.9. The van der Waals surface area contributed by atoms with Crippen LogP contribution < -0.4 is 4.72 Å². The van der Waals surface area contributed by atoms with Crippen LogP contribution in [0.15, 0.2) is 64.9 Å². The van der Waals surface area contributed by atoms with E-state index in [2.05, 4.69) is 4.72 Å². The molecule has 0 aliphatic carbocycles. The predicted molar refractivity (Wildman–Crippen MR) is 142 cm³/mol. The van der Waals surface area contributed by atoms with Gasteiger partial charge in [0.05, 0.1) is 18.7 Å². The molecule has 210 valence electrons. The first kappa shape index (κ1) is 30.6. The maximum Gasteiger partial charge on any atom is 0.416 e. The van der Waals surface area contributed by atoms with E-state index in [4.69, 9.17) is 16.3 Å². The summed E-state index contributed by atoms with van der Waals surface area (Å²) in [5, 5.41) is 0.571. The van der Waals surface area contributed by atoms with Crippen molar-refractivity contribution in [2.45, 2.75) is 43.2 Å². The Balaban J connectivity index is 1.76. The van der Waals surface area contributed by atoms with Crippen LogP contribution in [0.3, 0.4) is 0 Å². The molecule has 0 radical (unpaired) electrons. The van der Waals surface area contributed by atoms with Crippen LogP contribution in [-0.2, 0) is 43.6 Å². The number of nitrogens with zero attached hydrogens (tertiary/aromatic N) is 1. The standard InChI is InChI=1S/C26H26ClF3N2O5S2/c1-3-37-25(34)24(33)32(15-18-5-4-6-20(13-18)26(28,29)30)16-22-11-12-23(38-22)39(35,36)31-14-17(2)19-7-9-21(27)10-8-19/h4-13,17,31H,3,14-16H2,1-2H3. The van der Waals surface area contributed by atoms with Crippen molar-refractivity contribution < 1.29 is 35.9 Å². The summed E-state index contributed by atoms with van der Waals surface area (Å²) in [7, 11) is -3.89. The van der Waals surface area contributed by atoms with Gasteiger partial charge in [0, 0.05) is 23.0 Å². The molecular weight excluding hydrogens is 577 g/mol. The van der Waals surface area contributed by atoms with Gasteiger partial charge in [-0.2, -0.15) is 13.2 Å². The van der Waals surface area contributed by atoms with E-state index in [-0.39, 0.29) is 41.9 Å². The van der Waals surface area contributed by atoms with Gasteiger partial charge in [0.1, 0.15) is 4.21 Å². The molecule has 2 aromatic carbocycles. The van der Waals surface area contributed by atoms with E-state index in [1.54, 1.807) is 12.1 Å². The predicted octanol–water partition coefficient (Wildman–Crippen LogP) is 5.59. The van der Waals surface area contributed by atoms with E-state index < -0.39 is 33.6 Å². The van der Waals surface area contributed by atoms with Crippen LogP contribution in [0, 0.1) is 0 Å². The number of esters is 1. The molecule has 0 fully saturated rings. The highest BCUT2D eigenvalue weighted by molar-refractivity contribution is 7.91. The summed E-state index contributed by atoms with van der Waals surface area (Å²) in [5.41, 5.74) is 0.147. The summed E-state index contributed by atoms with van der Waals surface area (Å²) >= 11 is 6.79. The molecule has 3 rings (SSSR count). The van der Waals surface area contributed by atoms with Crippen molar-refractivity contribution >= 4 is 44.8 Å². The number of rotatable bonds is 10. The van der Waals surface area contributed by atoms with E-state index >= 15 is 0 Å². The molecule has 1 atom stereocenters. The highest BCUT2D eigenvalue weighted by Gasteiger charge is 2.31. The molecule has 0 saturated carbocycles. The van der Waals surface area contributed by atoms with E-state index in [0.29, 0.717) is 9.90 Å². The van der Waals surface area contributed by atoms with Gasteiger partial charge >= 0.3 is 18.1 Å². The number of alkyl halides is 3. The molecule has 1 heterocycles. The fourth-order valence-electron chi connectivity index (χ4n) is 3.58. The van der Waals surface area contributed by atoms with Gasteiger partial charge in [-0.05, 0) is 60.4 Å². The number of nitrogens with one attached hydrogen (secondary N) is 1. The third-order valence-electron chi connectivity index (χ3n) is 5.63. The van der Waals surface area contributed by atoms with Crippen LogP contribution >= 0.6 is 22.9 Å². The van der Waals surface area contributed by atoms with E-state index in [1.165, 1.54) is 31.2 Å². The third-order valence-corrected chi connectivity index (χ3v) is 8.87. The maximum atomic E-state index is 13.2. The molecule has 7 nitrogen and oxygen atoms in total. The largest absolute Gasteiger partial charge is 0.459 e. The quantitative estimate of drug-likeness (QED) is 0.241. The van der Waals surface area contributed by atoms with Gasteiger partial charge in [0.2, 0.25) is 10.0 Å². The molecule has 1 aromatic heterocycles. The van der Waals surface area contributed by atoms with Crippen LogP contribution in [0.5, 0.6) is 0 Å². The Morgan fingerprint density at radius 3 is 2.41 bits per heavy atom. The number of sulfonamides is 1. The second-order valence-electron chi connectivity index (χ2n) is 8.61. The average molecular weight is 603 g/mol. The topological polar surface area (TPSA) is 92.8 Å². The van der Waals surface area contributed by atoms with Crippen molar-refractivity contribution in [2.24, 2.45) is 0 Å². The maximum absolute atomic E-state index is 13.2. The Morgan fingerprint density at radius 1 is 1.08 bits per heavy atom. The van der Waals surface area contributed by atoms with Gasteiger partial charge in [-0.25, -0.2) is 17.9 Å². The van der Waals surface area contributed by atoms with Crippen LogP contribution in [-0.4, -0.2) is 38.3 Å². The number of benzene rings is 2. The summed E-state index contributed by atoms with van der Waals surface area (Å²) in [5.74, 6) is -2.35. The fraction of sp³-hybridized carbons (Fsp3) is 0.308. The highest BCUT2D eigenvalue weighted by Crippen LogP contribution is 2.30. The number of carbonyl (C=O) groups excluding carboxylic acids is 2. The zero-order valence-electron chi connectivity index (χ0n) is 21.0. The Kier molecular flexibility index (Phi) is 10.2. The summed E-state index contributed by atoms with van der Waals surface area (Å²) in [4.78, 5) is 26.3. The van der Waals surface area contributed by atoms with Crippen molar-refractivity contribution in [3.8, 4) is 0 Å². The number of hydrogen-bond donors (Lipinski definition) is 1. The van der Waals surface area contributed by atoms with Crippen LogP contribution in [0.25, 0.3) is 0 Å². The minimum absolute atomic E-state index is 0.0107. The van der Waals surface area contributed by atoms with Gasteiger partial charge < -0.3 is 9.64 Å². The molecule has 0 spiro atoms. The van der Waals surface area contributed by atoms with E-state index in [9.17, 15) is 31.2 Å². The zero-order chi connectivity index (χ0) is 28.8. The van der Waals surface area contributed by atoms with Crippen molar-refractivity contribution in [3.63, 3.8) is 0 Å². The monoisotopic (exact) mass is 602 g/mol. The smallest absolute Gasteiger partial charge is 0.416 e. The first-order valence-electron chi connectivity index (χ1n) is 11.8. The van der Waals surface area contributed by atoms with Crippen molar-refractivity contribution in [2.75, 3.05) is 13.2 Å². The lowest BCUT2D eigenvalue weighted by Crippen LogP contribution is -2.36. The molecule has 1 N–H and O–H groups in total. The Morgan fingerprint density at radius 2 is 1.77 bits per heavy atom. The Bertz CT molecular complexity index is 1410. The molecule has 1 unspecified atom stereocenters. The van der Waals surface area contributed by atoms with Gasteiger partial charge in [-0.1, -0.05) is 42.8 Å². The lowest BCUT2D eigenvalue weighted by molar-refractivity contribution is -0.160. The molecular formula is C26H26ClF3N2O5S2. The second-order valence-corrected chi connectivity index (χ2v) is 12.2. The Labute approximate surface area is 233 Å². The van der Waals surface area contributed by atoms with Crippen LogP contribution in [0.4, 0.5) is 13.2 Å². The SMILES string of the molecule is CCOC(=O)C(=O)N(Cc1cccc(C(F)(F)F)c1)Cc1ccc(S(=O)(=O)NCC(C)c2ccc(Cl)cc2)s1. The van der Waals surface area contributed by atoms with Crippen molar-refractivity contribution in [1.82, 2.24) is 9.62 Å². The summed E-state index contributed by atoms with van der Waals surface area (Å²) < 4.78 is 72.6. The number of ether oxygens (including phenoxy) is 1. The third kappa shape index (κ3) is 8.53. The molecule has 1 amide bonds. The van der Waals surface area contributed by atoms with Crippen LogP contribution in [0.1, 0.15) is 41.3 Å². The van der Waals surface area contributed by atoms with Gasteiger partial charge in [0.25, 0.3) is 0 Å². The Hall–Kier alpha value is -2.93. The number of carbonyl (C=O) groups is 2. The minimum Gasteiger partial charge on any atom is -0.459 e. The summed E-state index contributed by atoms with van der Waals surface area (Å²) in [6, 6.07) is 14.3. The zero-order valence-corrected chi connectivity index (χ0v) is 23.4. The van der Waals surface area contributed by atoms with Crippen molar-refractivity contribution in [3.05, 3.63) is 87.3 Å². The van der Waals surface area contributed by atoms with Crippen LogP contribution in [0.2, 0.25) is 5.02 Å². The first-order chi connectivity index (χ1) is 18.3. The average Bonchev–Trinajstić information content (AvgIpc) is 3.36. The lowest BCUT2D eigenvalue weighted by atomic mass is 10.0. The summed E-state index contributed by atoms with van der Waals surface area (Å²) in [6.07, 6.45) is -4.58. The highest BCUT2D eigenvalue weighted by atomic mass is 35.5. The first-order valence-corrected chi connectivity index (χ1v) is 14.4. The molecule has 0 aliphatic heterocycles. The fourth-order valence-corrected chi connectivity index (χ4v) is 6.25. The molecule has 0 aliphatic rings. The number of thiophene rings is 1. The summed E-state index contributed by atoms with van der Waals surface area (Å²) in [6.45, 7) is 2.90. The van der Waals surface area contributed by atoms with Gasteiger partial charge in [0.15, 0.2) is 0 Å². The lowest BCUT2D eigenvalue weighted by Gasteiger charge is -2.21. The number of halogens is 4. The molecule has 39 heavy (non-hydrogen) atoms.